The van der Waals surface area contributed by atoms with E-state index in [0.717, 1.165) is 26.2 Å². The average Bonchev–Trinajstić information content (AvgIpc) is 2.59. The van der Waals surface area contributed by atoms with Crippen LogP contribution in [-0.4, -0.2) is 41.9 Å². The van der Waals surface area contributed by atoms with Gasteiger partial charge in [-0.2, -0.15) is 0 Å². The molecule has 1 aromatic carbocycles. The van der Waals surface area contributed by atoms with E-state index in [2.05, 4.69) is 35.7 Å². The van der Waals surface area contributed by atoms with Gasteiger partial charge in [0, 0.05) is 38.6 Å². The molecule has 1 unspecified atom stereocenters. The summed E-state index contributed by atoms with van der Waals surface area (Å²) in [6, 6.07) is 9.17. The fourth-order valence-electron chi connectivity index (χ4n) is 3.62. The van der Waals surface area contributed by atoms with Gasteiger partial charge >= 0.3 is 0 Å². The summed E-state index contributed by atoms with van der Waals surface area (Å²) < 4.78 is 0. The van der Waals surface area contributed by atoms with E-state index in [4.69, 9.17) is 0 Å². The summed E-state index contributed by atoms with van der Waals surface area (Å²) >= 11 is 0. The van der Waals surface area contributed by atoms with Crippen LogP contribution in [0.3, 0.4) is 0 Å². The van der Waals surface area contributed by atoms with E-state index in [1.807, 2.05) is 24.8 Å². The zero-order valence-electron chi connectivity index (χ0n) is 15.0. The van der Waals surface area contributed by atoms with E-state index in [0.29, 0.717) is 12.5 Å². The van der Waals surface area contributed by atoms with Crippen LogP contribution in [0.25, 0.3) is 0 Å². The van der Waals surface area contributed by atoms with Gasteiger partial charge < -0.3 is 4.90 Å². The standard InChI is InChI=1S/C20H30N2O.ClH/c1-4-15-22(16-14-20(23)21(5-2)6-3)19-13-9-11-17-10-7-8-12-18(17)19;/h4,7-8,10,12,19H,1,5-6,9,11,13-16H2,2-3H3;1H. The van der Waals surface area contributed by atoms with E-state index in [1.165, 1.54) is 30.4 Å². The number of hydrogen-bond donors (Lipinski definition) is 0. The predicted molar refractivity (Wildman–Crippen MR) is 104 cm³/mol. The second-order valence-electron chi connectivity index (χ2n) is 6.21. The first-order chi connectivity index (χ1) is 11.2. The predicted octanol–water partition coefficient (Wildman–Crippen LogP) is 4.23. The zero-order valence-corrected chi connectivity index (χ0v) is 15.9. The molecule has 1 aromatic rings. The van der Waals surface area contributed by atoms with E-state index >= 15 is 0 Å². The number of halogens is 1. The Bertz CT molecular complexity index is 528. The first-order valence-electron chi connectivity index (χ1n) is 8.91. The number of nitrogens with zero attached hydrogens (tertiary/aromatic N) is 2. The fraction of sp³-hybridized carbons (Fsp3) is 0.550. The first kappa shape index (κ1) is 20.7. The smallest absolute Gasteiger partial charge is 0.223 e. The number of aryl methyl sites for hydroxylation is 1. The lowest BCUT2D eigenvalue weighted by Gasteiger charge is -2.35. The number of rotatable bonds is 8. The molecule has 0 fully saturated rings. The van der Waals surface area contributed by atoms with Crippen molar-refractivity contribution >= 4 is 18.3 Å². The molecule has 0 saturated heterocycles. The third-order valence-corrected chi connectivity index (χ3v) is 4.87. The van der Waals surface area contributed by atoms with Crippen molar-refractivity contribution in [1.29, 1.82) is 0 Å². The number of fused-ring (bicyclic) bond motifs is 1. The molecule has 24 heavy (non-hydrogen) atoms. The Hall–Kier alpha value is -1.32. The molecule has 3 nitrogen and oxygen atoms in total. The summed E-state index contributed by atoms with van der Waals surface area (Å²) in [4.78, 5) is 16.7. The van der Waals surface area contributed by atoms with Crippen molar-refractivity contribution in [3.05, 3.63) is 48.0 Å². The zero-order chi connectivity index (χ0) is 16.7. The number of hydrogen-bond acceptors (Lipinski definition) is 2. The van der Waals surface area contributed by atoms with Gasteiger partial charge in [0.1, 0.15) is 0 Å². The van der Waals surface area contributed by atoms with Crippen LogP contribution in [0.15, 0.2) is 36.9 Å². The van der Waals surface area contributed by atoms with Crippen LogP contribution in [-0.2, 0) is 11.2 Å². The molecule has 134 valence electrons. The van der Waals surface area contributed by atoms with Crippen LogP contribution in [0, 0.1) is 0 Å². The van der Waals surface area contributed by atoms with Crippen molar-refractivity contribution < 1.29 is 4.79 Å². The normalized spacial score (nSPS) is 16.2. The molecule has 0 aliphatic heterocycles. The van der Waals surface area contributed by atoms with Gasteiger partial charge in [-0.1, -0.05) is 30.3 Å². The molecule has 0 aromatic heterocycles. The average molecular weight is 351 g/mol. The fourth-order valence-corrected chi connectivity index (χ4v) is 3.62. The molecule has 0 N–H and O–H groups in total. The van der Waals surface area contributed by atoms with Crippen molar-refractivity contribution in [1.82, 2.24) is 9.80 Å². The minimum atomic E-state index is 0. The molecule has 0 bridgehead atoms. The summed E-state index contributed by atoms with van der Waals surface area (Å²) in [5.41, 5.74) is 2.91. The highest BCUT2D eigenvalue weighted by Gasteiger charge is 2.25. The maximum Gasteiger partial charge on any atom is 0.223 e. The molecule has 0 radical (unpaired) electrons. The third kappa shape index (κ3) is 5.09. The van der Waals surface area contributed by atoms with Gasteiger partial charge in [0.05, 0.1) is 0 Å². The van der Waals surface area contributed by atoms with E-state index in [-0.39, 0.29) is 18.3 Å². The number of benzene rings is 1. The minimum Gasteiger partial charge on any atom is -0.343 e. The van der Waals surface area contributed by atoms with Gasteiger partial charge in [0.15, 0.2) is 0 Å². The van der Waals surface area contributed by atoms with Crippen molar-refractivity contribution in [2.75, 3.05) is 26.2 Å². The highest BCUT2D eigenvalue weighted by atomic mass is 35.5. The molecule has 4 heteroatoms. The van der Waals surface area contributed by atoms with Crippen molar-refractivity contribution in [3.63, 3.8) is 0 Å². The van der Waals surface area contributed by atoms with Crippen molar-refractivity contribution in [2.45, 2.75) is 45.6 Å². The maximum absolute atomic E-state index is 12.3. The van der Waals surface area contributed by atoms with Crippen LogP contribution < -0.4 is 0 Å². The number of carbonyl (C=O) groups excluding carboxylic acids is 1. The summed E-state index contributed by atoms with van der Waals surface area (Å²) in [6.07, 6.45) is 6.11. The van der Waals surface area contributed by atoms with E-state index in [9.17, 15) is 4.79 Å². The van der Waals surface area contributed by atoms with Crippen LogP contribution >= 0.6 is 12.4 Å². The lowest BCUT2D eigenvalue weighted by molar-refractivity contribution is -0.131. The van der Waals surface area contributed by atoms with Gasteiger partial charge in [0.25, 0.3) is 0 Å². The van der Waals surface area contributed by atoms with Gasteiger partial charge in [0.2, 0.25) is 5.91 Å². The minimum absolute atomic E-state index is 0. The summed E-state index contributed by atoms with van der Waals surface area (Å²) in [5, 5.41) is 0. The maximum atomic E-state index is 12.3. The second-order valence-corrected chi connectivity index (χ2v) is 6.21. The monoisotopic (exact) mass is 350 g/mol. The lowest BCUT2D eigenvalue weighted by atomic mass is 9.86. The highest BCUT2D eigenvalue weighted by molar-refractivity contribution is 5.85. The quantitative estimate of drug-likeness (QED) is 0.655. The Kier molecular flexibility index (Phi) is 9.09. The summed E-state index contributed by atoms with van der Waals surface area (Å²) in [7, 11) is 0. The Balaban J connectivity index is 0.00000288. The van der Waals surface area contributed by atoms with Crippen molar-refractivity contribution in [3.8, 4) is 0 Å². The SMILES string of the molecule is C=CCN(CCC(=O)N(CC)CC)C1CCCc2ccccc21.Cl. The van der Waals surface area contributed by atoms with E-state index < -0.39 is 0 Å². The number of amides is 1. The second kappa shape index (κ2) is 10.5. The van der Waals surface area contributed by atoms with Crippen LogP contribution in [0.5, 0.6) is 0 Å². The molecule has 2 rings (SSSR count). The summed E-state index contributed by atoms with van der Waals surface area (Å²) in [6.45, 7) is 11.2. The molecule has 0 spiro atoms. The molecular formula is C20H31ClN2O. The van der Waals surface area contributed by atoms with Gasteiger partial charge in [-0.25, -0.2) is 0 Å². The Labute approximate surface area is 153 Å². The van der Waals surface area contributed by atoms with Gasteiger partial charge in [-0.05, 0) is 44.2 Å². The van der Waals surface area contributed by atoms with Crippen LogP contribution in [0.2, 0.25) is 0 Å². The lowest BCUT2D eigenvalue weighted by Crippen LogP contribution is -2.37. The molecule has 1 aliphatic carbocycles. The van der Waals surface area contributed by atoms with Crippen LogP contribution in [0.1, 0.15) is 50.3 Å². The molecule has 1 aliphatic rings. The largest absolute Gasteiger partial charge is 0.343 e. The Morgan fingerprint density at radius 1 is 1.29 bits per heavy atom. The van der Waals surface area contributed by atoms with E-state index in [1.54, 1.807) is 0 Å². The molecular weight excluding hydrogens is 320 g/mol. The first-order valence-corrected chi connectivity index (χ1v) is 8.91. The van der Waals surface area contributed by atoms with Gasteiger partial charge in [-0.3, -0.25) is 9.69 Å². The Morgan fingerprint density at radius 2 is 2.00 bits per heavy atom. The number of carbonyl (C=O) groups is 1. The Morgan fingerprint density at radius 3 is 2.67 bits per heavy atom. The van der Waals surface area contributed by atoms with Crippen molar-refractivity contribution in [2.24, 2.45) is 0 Å². The molecule has 0 saturated carbocycles. The topological polar surface area (TPSA) is 23.6 Å². The summed E-state index contributed by atoms with van der Waals surface area (Å²) in [5.74, 6) is 0.258. The molecule has 0 heterocycles. The third-order valence-electron chi connectivity index (χ3n) is 4.87. The van der Waals surface area contributed by atoms with Gasteiger partial charge in [-0.15, -0.1) is 19.0 Å². The van der Waals surface area contributed by atoms with Crippen LogP contribution in [0.4, 0.5) is 0 Å². The molecule has 1 atom stereocenters. The highest BCUT2D eigenvalue weighted by Crippen LogP contribution is 2.34. The molecule has 1 amide bonds.